The van der Waals surface area contributed by atoms with Crippen LogP contribution in [0.25, 0.3) is 0 Å². The molecule has 0 spiro atoms. The molecule has 1 amide bonds. The van der Waals surface area contributed by atoms with Crippen LogP contribution in [0.4, 0.5) is 10.1 Å². The van der Waals surface area contributed by atoms with E-state index in [9.17, 15) is 17.6 Å². The summed E-state index contributed by atoms with van der Waals surface area (Å²) in [6.07, 6.45) is 2.57. The Morgan fingerprint density at radius 3 is 2.65 bits per heavy atom. The zero-order valence-electron chi connectivity index (χ0n) is 14.4. The van der Waals surface area contributed by atoms with E-state index >= 15 is 0 Å². The van der Waals surface area contributed by atoms with Crippen molar-refractivity contribution in [1.82, 2.24) is 9.78 Å². The molecule has 0 bridgehead atoms. The quantitative estimate of drug-likeness (QED) is 0.888. The van der Waals surface area contributed by atoms with Crippen LogP contribution in [-0.2, 0) is 9.84 Å². The van der Waals surface area contributed by atoms with Crippen molar-refractivity contribution in [2.45, 2.75) is 38.1 Å². The largest absolute Gasteiger partial charge is 0.320 e. The number of aryl methyl sites for hydroxylation is 1. The average molecular weight is 377 g/mol. The number of hydrogen-bond acceptors (Lipinski definition) is 4. The predicted molar refractivity (Wildman–Crippen MR) is 95.6 cm³/mol. The van der Waals surface area contributed by atoms with Gasteiger partial charge in [-0.3, -0.25) is 9.48 Å². The van der Waals surface area contributed by atoms with Gasteiger partial charge >= 0.3 is 0 Å². The molecule has 2 aromatic rings. The molecule has 1 aliphatic heterocycles. The number of amides is 1. The number of aromatic nitrogens is 2. The van der Waals surface area contributed by atoms with Crippen LogP contribution in [0, 0.1) is 12.7 Å². The van der Waals surface area contributed by atoms with Crippen LogP contribution in [0.3, 0.4) is 0 Å². The molecule has 138 valence electrons. The Balaban J connectivity index is 1.59. The Morgan fingerprint density at radius 1 is 1.27 bits per heavy atom. The van der Waals surface area contributed by atoms with E-state index in [0.29, 0.717) is 23.6 Å². The molecule has 1 atom stereocenters. The molecule has 6 nitrogen and oxygen atoms in total. The van der Waals surface area contributed by atoms with Gasteiger partial charge in [0.15, 0.2) is 15.5 Å². The van der Waals surface area contributed by atoms with Crippen molar-refractivity contribution in [3.05, 3.63) is 47.0 Å². The highest BCUT2D eigenvalue weighted by atomic mass is 32.2. The van der Waals surface area contributed by atoms with Crippen molar-refractivity contribution < 1.29 is 17.6 Å². The number of halogens is 1. The Bertz CT molecular complexity index is 980. The van der Waals surface area contributed by atoms with Gasteiger partial charge < -0.3 is 5.32 Å². The van der Waals surface area contributed by atoms with Crippen molar-refractivity contribution >= 4 is 21.4 Å². The fourth-order valence-corrected chi connectivity index (χ4v) is 5.02. The number of nitrogens with one attached hydrogen (secondary N) is 1. The summed E-state index contributed by atoms with van der Waals surface area (Å²) < 4.78 is 39.0. The number of carbonyl (C=O) groups is 1. The zero-order chi connectivity index (χ0) is 18.5. The second-order valence-electron chi connectivity index (χ2n) is 7.15. The minimum atomic E-state index is -3.04. The maximum absolute atomic E-state index is 13.7. The predicted octanol–water partition coefficient (Wildman–Crippen LogP) is 2.82. The lowest BCUT2D eigenvalue weighted by molar-refractivity contribution is 0.102. The Labute approximate surface area is 151 Å². The zero-order valence-corrected chi connectivity index (χ0v) is 15.2. The van der Waals surface area contributed by atoms with E-state index in [1.165, 1.54) is 6.07 Å². The van der Waals surface area contributed by atoms with E-state index in [-0.39, 0.29) is 29.1 Å². The summed E-state index contributed by atoms with van der Waals surface area (Å²) in [4.78, 5) is 12.5. The lowest BCUT2D eigenvalue weighted by Gasteiger charge is -2.12. The van der Waals surface area contributed by atoms with Gasteiger partial charge in [-0.05, 0) is 49.9 Å². The van der Waals surface area contributed by atoms with Crippen LogP contribution >= 0.6 is 0 Å². The number of carbonyl (C=O) groups excluding carboxylic acids is 1. The van der Waals surface area contributed by atoms with Crippen molar-refractivity contribution in [1.29, 1.82) is 0 Å². The minimum absolute atomic E-state index is 0.0681. The first kappa shape index (κ1) is 17.2. The summed E-state index contributed by atoms with van der Waals surface area (Å²) in [6, 6.07) is 6.04. The molecule has 2 fully saturated rings. The molecule has 0 radical (unpaired) electrons. The van der Waals surface area contributed by atoms with Crippen LogP contribution in [-0.4, -0.2) is 35.6 Å². The molecule has 1 saturated heterocycles. The fourth-order valence-electron chi connectivity index (χ4n) is 3.33. The summed E-state index contributed by atoms with van der Waals surface area (Å²) in [7, 11) is -3.04. The lowest BCUT2D eigenvalue weighted by Crippen LogP contribution is -2.17. The molecular formula is C18H20FN3O3S. The van der Waals surface area contributed by atoms with E-state index in [4.69, 9.17) is 0 Å². The highest BCUT2D eigenvalue weighted by molar-refractivity contribution is 7.91. The van der Waals surface area contributed by atoms with Crippen LogP contribution in [0.15, 0.2) is 24.3 Å². The van der Waals surface area contributed by atoms with E-state index in [1.54, 1.807) is 29.8 Å². The standard InChI is InChI=1S/C18H20FN3O3S/c1-11-2-5-13(8-15(11)19)20-18(23)16-9-17(12-3-4-12)22(21-16)14-6-7-26(24,25)10-14/h2,5,8-9,12,14H,3-4,6-7,10H2,1H3,(H,20,23). The smallest absolute Gasteiger partial charge is 0.276 e. The molecule has 2 heterocycles. The van der Waals surface area contributed by atoms with Gasteiger partial charge in [-0.1, -0.05) is 6.07 Å². The average Bonchev–Trinajstić information content (AvgIpc) is 3.22. The Kier molecular flexibility index (Phi) is 4.10. The van der Waals surface area contributed by atoms with E-state index in [0.717, 1.165) is 18.5 Å². The highest BCUT2D eigenvalue weighted by Crippen LogP contribution is 2.42. The summed E-state index contributed by atoms with van der Waals surface area (Å²) in [5.74, 6) is -0.244. The highest BCUT2D eigenvalue weighted by Gasteiger charge is 2.36. The van der Waals surface area contributed by atoms with Gasteiger partial charge in [0.05, 0.1) is 17.5 Å². The van der Waals surface area contributed by atoms with Crippen LogP contribution < -0.4 is 5.32 Å². The number of rotatable bonds is 4. The first-order valence-electron chi connectivity index (χ1n) is 8.70. The van der Waals surface area contributed by atoms with Crippen molar-refractivity contribution in [2.24, 2.45) is 0 Å². The summed E-state index contributed by atoms with van der Waals surface area (Å²) in [6.45, 7) is 1.65. The second kappa shape index (κ2) is 6.19. The number of sulfone groups is 1. The van der Waals surface area contributed by atoms with Gasteiger partial charge in [-0.2, -0.15) is 5.10 Å². The molecule has 1 unspecified atom stereocenters. The van der Waals surface area contributed by atoms with Crippen LogP contribution in [0.2, 0.25) is 0 Å². The molecule has 1 aromatic heterocycles. The molecule has 1 N–H and O–H groups in total. The first-order valence-corrected chi connectivity index (χ1v) is 10.5. The van der Waals surface area contributed by atoms with Gasteiger partial charge in [0.25, 0.3) is 5.91 Å². The van der Waals surface area contributed by atoms with Crippen molar-refractivity contribution in [3.8, 4) is 0 Å². The number of anilines is 1. The van der Waals surface area contributed by atoms with Crippen LogP contribution in [0.5, 0.6) is 0 Å². The third-order valence-corrected chi connectivity index (χ3v) is 6.73. The maximum atomic E-state index is 13.7. The van der Waals surface area contributed by atoms with E-state index in [2.05, 4.69) is 10.4 Å². The molecule has 2 aliphatic rings. The minimum Gasteiger partial charge on any atom is -0.320 e. The summed E-state index contributed by atoms with van der Waals surface area (Å²) in [5, 5.41) is 7.06. The van der Waals surface area contributed by atoms with Gasteiger partial charge in [-0.15, -0.1) is 0 Å². The maximum Gasteiger partial charge on any atom is 0.276 e. The molecule has 8 heteroatoms. The third-order valence-electron chi connectivity index (χ3n) is 4.98. The van der Waals surface area contributed by atoms with Gasteiger partial charge in [0.1, 0.15) is 5.82 Å². The first-order chi connectivity index (χ1) is 12.3. The van der Waals surface area contributed by atoms with E-state index in [1.807, 2.05) is 0 Å². The summed E-state index contributed by atoms with van der Waals surface area (Å²) >= 11 is 0. The molecule has 1 aliphatic carbocycles. The Hall–Kier alpha value is -2.22. The van der Waals surface area contributed by atoms with Crippen molar-refractivity contribution in [2.75, 3.05) is 16.8 Å². The molecule has 1 aromatic carbocycles. The van der Waals surface area contributed by atoms with Gasteiger partial charge in [-0.25, -0.2) is 12.8 Å². The molecule has 4 rings (SSSR count). The van der Waals surface area contributed by atoms with Crippen LogP contribution in [0.1, 0.15) is 53.0 Å². The molecular weight excluding hydrogens is 357 g/mol. The van der Waals surface area contributed by atoms with Crippen molar-refractivity contribution in [3.63, 3.8) is 0 Å². The normalized spacial score (nSPS) is 21.7. The van der Waals surface area contributed by atoms with Gasteiger partial charge in [0, 0.05) is 17.3 Å². The fraction of sp³-hybridized carbons (Fsp3) is 0.444. The van der Waals surface area contributed by atoms with E-state index < -0.39 is 15.7 Å². The Morgan fingerprint density at radius 2 is 2.04 bits per heavy atom. The lowest BCUT2D eigenvalue weighted by atomic mass is 10.2. The third kappa shape index (κ3) is 3.38. The van der Waals surface area contributed by atoms with Gasteiger partial charge in [0.2, 0.25) is 0 Å². The molecule has 1 saturated carbocycles. The number of nitrogens with zero attached hydrogens (tertiary/aromatic N) is 2. The number of benzene rings is 1. The summed E-state index contributed by atoms with van der Waals surface area (Å²) in [5.41, 5.74) is 2.03. The topological polar surface area (TPSA) is 81.1 Å². The second-order valence-corrected chi connectivity index (χ2v) is 9.38. The molecule has 26 heavy (non-hydrogen) atoms. The SMILES string of the molecule is Cc1ccc(NC(=O)c2cc(C3CC3)n(C3CCS(=O)(=O)C3)n2)cc1F. The monoisotopic (exact) mass is 377 g/mol. The number of hydrogen-bond donors (Lipinski definition) is 1.